The van der Waals surface area contributed by atoms with E-state index in [0.29, 0.717) is 6.42 Å². The van der Waals surface area contributed by atoms with Crippen molar-refractivity contribution in [3.63, 3.8) is 0 Å². The molecule has 0 saturated heterocycles. The van der Waals surface area contributed by atoms with Crippen molar-refractivity contribution < 1.29 is 23.1 Å². The molecule has 0 aliphatic carbocycles. The van der Waals surface area contributed by atoms with E-state index < -0.39 is 22.0 Å². The molecule has 5 N–H and O–H groups in total. The van der Waals surface area contributed by atoms with Crippen LogP contribution in [-0.2, 0) is 21.2 Å². The molecule has 0 aliphatic rings. The van der Waals surface area contributed by atoms with Gasteiger partial charge >= 0.3 is 12.0 Å². The third kappa shape index (κ3) is 6.23. The Labute approximate surface area is 122 Å². The molecule has 116 valence electrons. The number of carboxylic acid groups (broad SMARTS) is 1. The molecule has 1 rings (SSSR count). The second-order valence-electron chi connectivity index (χ2n) is 4.23. The Morgan fingerprint density at radius 2 is 1.76 bits per heavy atom. The van der Waals surface area contributed by atoms with E-state index in [0.717, 1.165) is 5.56 Å². The van der Waals surface area contributed by atoms with Gasteiger partial charge in [0.25, 0.3) is 0 Å². The van der Waals surface area contributed by atoms with Gasteiger partial charge < -0.3 is 16.2 Å². The number of amides is 2. The van der Waals surface area contributed by atoms with Crippen LogP contribution in [0.4, 0.5) is 4.79 Å². The highest BCUT2D eigenvalue weighted by molar-refractivity contribution is 7.89. The molecule has 0 bridgehead atoms. The first-order chi connectivity index (χ1) is 9.81. The molecule has 0 unspecified atom stereocenters. The lowest BCUT2D eigenvalue weighted by atomic mass is 10.1. The van der Waals surface area contributed by atoms with Gasteiger partial charge in [0.15, 0.2) is 0 Å². The third-order valence-electron chi connectivity index (χ3n) is 2.58. The zero-order chi connectivity index (χ0) is 15.9. The zero-order valence-corrected chi connectivity index (χ0v) is 12.0. The van der Waals surface area contributed by atoms with Crippen molar-refractivity contribution in [2.45, 2.75) is 17.7 Å². The summed E-state index contributed by atoms with van der Waals surface area (Å²) in [5.74, 6) is -0.907. The van der Waals surface area contributed by atoms with Crippen molar-refractivity contribution in [2.75, 3.05) is 13.1 Å². The van der Waals surface area contributed by atoms with E-state index >= 15 is 0 Å². The fraction of sp³-hybridized carbons (Fsp3) is 0.333. The normalized spacial score (nSPS) is 11.0. The SMILES string of the molecule is NC(=O)NCCNS(=O)(=O)c1ccc(CCC(=O)O)cc1. The zero-order valence-electron chi connectivity index (χ0n) is 11.2. The molecule has 0 aromatic heterocycles. The second-order valence-corrected chi connectivity index (χ2v) is 5.99. The number of carbonyl (C=O) groups excluding carboxylic acids is 1. The van der Waals surface area contributed by atoms with E-state index in [1.807, 2.05) is 0 Å². The van der Waals surface area contributed by atoms with Crippen molar-refractivity contribution in [3.05, 3.63) is 29.8 Å². The first kappa shape index (κ1) is 16.9. The van der Waals surface area contributed by atoms with Gasteiger partial charge in [0.2, 0.25) is 10.0 Å². The molecule has 1 aromatic rings. The fourth-order valence-corrected chi connectivity index (χ4v) is 2.57. The second kappa shape index (κ2) is 7.60. The van der Waals surface area contributed by atoms with Crippen LogP contribution in [0.2, 0.25) is 0 Å². The van der Waals surface area contributed by atoms with Crippen molar-refractivity contribution in [2.24, 2.45) is 5.73 Å². The number of rotatable bonds is 8. The van der Waals surface area contributed by atoms with Gasteiger partial charge in [-0.15, -0.1) is 0 Å². The Kier molecular flexibility index (Phi) is 6.12. The van der Waals surface area contributed by atoms with E-state index in [9.17, 15) is 18.0 Å². The number of carboxylic acids is 1. The van der Waals surface area contributed by atoms with E-state index in [1.54, 1.807) is 12.1 Å². The summed E-state index contributed by atoms with van der Waals surface area (Å²) in [6.07, 6.45) is 0.328. The smallest absolute Gasteiger partial charge is 0.312 e. The number of hydrogen-bond donors (Lipinski definition) is 4. The molecule has 0 spiro atoms. The van der Waals surface area contributed by atoms with Gasteiger partial charge in [0.1, 0.15) is 0 Å². The van der Waals surface area contributed by atoms with Gasteiger partial charge in [0, 0.05) is 19.5 Å². The minimum absolute atomic E-state index is 0.0108. The molecule has 2 amide bonds. The van der Waals surface area contributed by atoms with Gasteiger partial charge in [-0.1, -0.05) is 12.1 Å². The summed E-state index contributed by atoms with van der Waals surface area (Å²) >= 11 is 0. The highest BCUT2D eigenvalue weighted by atomic mass is 32.2. The lowest BCUT2D eigenvalue weighted by molar-refractivity contribution is -0.136. The molecule has 0 atom stereocenters. The number of aliphatic carboxylic acids is 1. The van der Waals surface area contributed by atoms with Crippen LogP contribution in [0.3, 0.4) is 0 Å². The van der Waals surface area contributed by atoms with E-state index in [-0.39, 0.29) is 24.4 Å². The molecule has 0 radical (unpaired) electrons. The van der Waals surface area contributed by atoms with E-state index in [2.05, 4.69) is 10.0 Å². The standard InChI is InChI=1S/C12H17N3O5S/c13-12(18)14-7-8-15-21(19,20)10-4-1-9(2-5-10)3-6-11(16)17/h1-2,4-5,15H,3,6-8H2,(H,16,17)(H3,13,14,18). The Hall–Kier alpha value is -2.13. The fourth-order valence-electron chi connectivity index (χ4n) is 1.54. The van der Waals surface area contributed by atoms with Crippen LogP contribution in [0.15, 0.2) is 29.2 Å². The molecule has 0 saturated carbocycles. The monoisotopic (exact) mass is 315 g/mol. The summed E-state index contributed by atoms with van der Waals surface area (Å²) in [5.41, 5.74) is 5.59. The summed E-state index contributed by atoms with van der Waals surface area (Å²) in [4.78, 5) is 21.0. The topological polar surface area (TPSA) is 139 Å². The van der Waals surface area contributed by atoms with Crippen LogP contribution in [0, 0.1) is 0 Å². The molecule has 8 nitrogen and oxygen atoms in total. The quantitative estimate of drug-likeness (QED) is 0.486. The van der Waals surface area contributed by atoms with Gasteiger partial charge in [-0.3, -0.25) is 4.79 Å². The Bertz CT molecular complexity index is 598. The van der Waals surface area contributed by atoms with Crippen molar-refractivity contribution in [1.29, 1.82) is 0 Å². The molecule has 9 heteroatoms. The summed E-state index contributed by atoms with van der Waals surface area (Å²) in [5, 5.41) is 10.8. The molecular weight excluding hydrogens is 298 g/mol. The number of nitrogens with two attached hydrogens (primary N) is 1. The van der Waals surface area contributed by atoms with Gasteiger partial charge in [-0.05, 0) is 24.1 Å². The number of hydrogen-bond acceptors (Lipinski definition) is 4. The predicted octanol–water partition coefficient (Wildman–Crippen LogP) is -0.350. The minimum atomic E-state index is -3.66. The average Bonchev–Trinajstić information content (AvgIpc) is 2.41. The van der Waals surface area contributed by atoms with Gasteiger partial charge in [-0.25, -0.2) is 17.9 Å². The van der Waals surface area contributed by atoms with E-state index in [1.165, 1.54) is 12.1 Å². The van der Waals surface area contributed by atoms with Crippen molar-refractivity contribution in [3.8, 4) is 0 Å². The van der Waals surface area contributed by atoms with Gasteiger partial charge in [-0.2, -0.15) is 0 Å². The lowest BCUT2D eigenvalue weighted by Gasteiger charge is -2.07. The number of urea groups is 1. The molecule has 1 aromatic carbocycles. The first-order valence-corrected chi connectivity index (χ1v) is 7.63. The van der Waals surface area contributed by atoms with Crippen LogP contribution in [-0.4, -0.2) is 38.6 Å². The Balaban J connectivity index is 2.58. The molecule has 21 heavy (non-hydrogen) atoms. The highest BCUT2D eigenvalue weighted by Gasteiger charge is 2.13. The van der Waals surface area contributed by atoms with Crippen LogP contribution >= 0.6 is 0 Å². The van der Waals surface area contributed by atoms with Crippen molar-refractivity contribution in [1.82, 2.24) is 10.0 Å². The number of carbonyl (C=O) groups is 2. The maximum Gasteiger partial charge on any atom is 0.312 e. The number of nitrogens with one attached hydrogen (secondary N) is 2. The maximum atomic E-state index is 11.9. The van der Waals surface area contributed by atoms with Crippen LogP contribution in [0.25, 0.3) is 0 Å². The maximum absolute atomic E-state index is 11.9. The molecular formula is C12H17N3O5S. The Morgan fingerprint density at radius 1 is 1.14 bits per heavy atom. The first-order valence-electron chi connectivity index (χ1n) is 6.15. The van der Waals surface area contributed by atoms with Gasteiger partial charge in [0.05, 0.1) is 4.90 Å². The summed E-state index contributed by atoms with van der Waals surface area (Å²) in [6, 6.07) is 5.22. The van der Waals surface area contributed by atoms with Crippen LogP contribution in [0.5, 0.6) is 0 Å². The average molecular weight is 315 g/mol. The summed E-state index contributed by atoms with van der Waals surface area (Å²) in [6.45, 7) is 0.108. The third-order valence-corrected chi connectivity index (χ3v) is 4.05. The van der Waals surface area contributed by atoms with Crippen molar-refractivity contribution >= 4 is 22.0 Å². The number of sulfonamides is 1. The summed E-state index contributed by atoms with van der Waals surface area (Å²) in [7, 11) is -3.66. The highest BCUT2D eigenvalue weighted by Crippen LogP contribution is 2.11. The number of benzene rings is 1. The van der Waals surface area contributed by atoms with Crippen LogP contribution < -0.4 is 15.8 Å². The minimum Gasteiger partial charge on any atom is -0.481 e. The number of aryl methyl sites for hydroxylation is 1. The Morgan fingerprint density at radius 3 is 2.29 bits per heavy atom. The lowest BCUT2D eigenvalue weighted by Crippen LogP contribution is -2.37. The molecule has 0 fully saturated rings. The summed E-state index contributed by atoms with van der Waals surface area (Å²) < 4.78 is 26.1. The largest absolute Gasteiger partial charge is 0.481 e. The van der Waals surface area contributed by atoms with E-state index in [4.69, 9.17) is 10.8 Å². The number of primary amides is 1. The molecule has 0 heterocycles. The molecule has 0 aliphatic heterocycles. The van der Waals surface area contributed by atoms with Crippen LogP contribution in [0.1, 0.15) is 12.0 Å². The predicted molar refractivity (Wildman–Crippen MR) is 75.2 cm³/mol.